The Hall–Kier alpha value is -1.12. The van der Waals surface area contributed by atoms with Crippen molar-refractivity contribution in [3.63, 3.8) is 0 Å². The van der Waals surface area contributed by atoms with Crippen molar-refractivity contribution in [3.8, 4) is 0 Å². The van der Waals surface area contributed by atoms with Crippen LogP contribution in [0.5, 0.6) is 0 Å². The summed E-state index contributed by atoms with van der Waals surface area (Å²) < 4.78 is 4.88. The smallest absolute Gasteiger partial charge is 0.338 e. The number of hydrogen-bond donors (Lipinski definition) is 0. The molecule has 0 N–H and O–H groups in total. The molecule has 0 atom stereocenters. The average molecular weight is 465 g/mol. The number of hydrogen-bond acceptors (Lipinski definition) is 3. The van der Waals surface area contributed by atoms with E-state index in [1.54, 1.807) is 0 Å². The first-order valence-corrected chi connectivity index (χ1v) is 14.6. The largest absolute Gasteiger partial charge is 0.390 e. The van der Waals surface area contributed by atoms with Crippen LogP contribution in [0.1, 0.15) is 168 Å². The molecule has 3 heteroatoms. The van der Waals surface area contributed by atoms with Crippen molar-refractivity contribution >= 4 is 11.9 Å². The molecule has 0 aliphatic carbocycles. The summed E-state index contributed by atoms with van der Waals surface area (Å²) in [6, 6.07) is 0. The van der Waals surface area contributed by atoms with E-state index in [9.17, 15) is 9.59 Å². The standard InChI is InChI=1S/C30H56O3/c1-3-5-7-9-11-13-15-16-18-20-22-24-26-28-30(32)33-29(31)27-25-23-21-19-17-14-12-10-8-6-4-2/h26,28H,3-25,27H2,1-2H3. The zero-order valence-electron chi connectivity index (χ0n) is 22.4. The van der Waals surface area contributed by atoms with Gasteiger partial charge in [-0.2, -0.15) is 0 Å². The van der Waals surface area contributed by atoms with Crippen LogP contribution in [0, 0.1) is 0 Å². The molecule has 0 saturated carbocycles. The Labute approximate surface area is 206 Å². The van der Waals surface area contributed by atoms with Crippen molar-refractivity contribution in [3.05, 3.63) is 12.2 Å². The molecule has 3 nitrogen and oxygen atoms in total. The Balaban J connectivity index is 3.39. The van der Waals surface area contributed by atoms with Crippen molar-refractivity contribution in [2.45, 2.75) is 168 Å². The van der Waals surface area contributed by atoms with Crippen molar-refractivity contribution in [1.82, 2.24) is 0 Å². The lowest BCUT2D eigenvalue weighted by molar-refractivity contribution is -0.156. The topological polar surface area (TPSA) is 43.4 Å². The first-order chi connectivity index (χ1) is 16.2. The Bertz CT molecular complexity index is 455. The molecule has 0 rings (SSSR count). The van der Waals surface area contributed by atoms with E-state index in [4.69, 9.17) is 4.74 Å². The fourth-order valence-electron chi connectivity index (χ4n) is 4.24. The molecule has 0 aliphatic heterocycles. The summed E-state index contributed by atoms with van der Waals surface area (Å²) in [7, 11) is 0. The maximum absolute atomic E-state index is 11.8. The maximum Gasteiger partial charge on any atom is 0.338 e. The predicted octanol–water partition coefficient (Wildman–Crippen LogP) is 10.0. The predicted molar refractivity (Wildman–Crippen MR) is 142 cm³/mol. The summed E-state index contributed by atoms with van der Waals surface area (Å²) in [5.74, 6) is -0.888. The van der Waals surface area contributed by atoms with Gasteiger partial charge in [-0.25, -0.2) is 4.79 Å². The third-order valence-corrected chi connectivity index (χ3v) is 6.43. The zero-order chi connectivity index (χ0) is 24.2. The third kappa shape index (κ3) is 27.0. The molecule has 0 spiro atoms. The van der Waals surface area contributed by atoms with E-state index in [0.717, 1.165) is 25.7 Å². The quantitative estimate of drug-likeness (QED) is 0.0584. The van der Waals surface area contributed by atoms with Gasteiger partial charge in [0.2, 0.25) is 0 Å². The van der Waals surface area contributed by atoms with Gasteiger partial charge in [-0.1, -0.05) is 148 Å². The van der Waals surface area contributed by atoms with Crippen LogP contribution in [-0.2, 0) is 14.3 Å². The minimum atomic E-state index is -0.508. The normalized spacial score (nSPS) is 11.3. The van der Waals surface area contributed by atoms with E-state index >= 15 is 0 Å². The SMILES string of the molecule is CCCCCCCCCCCCCC=CC(=O)OC(=O)CCCCCCCCCCCCC. The highest BCUT2D eigenvalue weighted by Gasteiger charge is 2.07. The molecule has 0 bridgehead atoms. The van der Waals surface area contributed by atoms with E-state index in [2.05, 4.69) is 13.8 Å². The second kappa shape index (κ2) is 27.1. The number of esters is 2. The molecule has 33 heavy (non-hydrogen) atoms. The van der Waals surface area contributed by atoms with Gasteiger partial charge < -0.3 is 4.74 Å². The van der Waals surface area contributed by atoms with Gasteiger partial charge in [0.15, 0.2) is 0 Å². The molecule has 0 radical (unpaired) electrons. The average Bonchev–Trinajstić information content (AvgIpc) is 2.80. The summed E-state index contributed by atoms with van der Waals surface area (Å²) >= 11 is 0. The van der Waals surface area contributed by atoms with Crippen LogP contribution in [0.25, 0.3) is 0 Å². The molecular formula is C30H56O3. The van der Waals surface area contributed by atoms with Crippen molar-refractivity contribution in [2.24, 2.45) is 0 Å². The highest BCUT2D eigenvalue weighted by Crippen LogP contribution is 2.13. The Morgan fingerprint density at radius 3 is 1.30 bits per heavy atom. The van der Waals surface area contributed by atoms with Crippen LogP contribution in [0.2, 0.25) is 0 Å². The van der Waals surface area contributed by atoms with Crippen LogP contribution in [0.15, 0.2) is 12.2 Å². The van der Waals surface area contributed by atoms with Gasteiger partial charge in [-0.3, -0.25) is 4.79 Å². The molecule has 194 valence electrons. The fraction of sp³-hybridized carbons (Fsp3) is 0.867. The van der Waals surface area contributed by atoms with Crippen molar-refractivity contribution < 1.29 is 14.3 Å². The van der Waals surface area contributed by atoms with Crippen molar-refractivity contribution in [1.29, 1.82) is 0 Å². The first-order valence-electron chi connectivity index (χ1n) is 14.6. The summed E-state index contributed by atoms with van der Waals surface area (Å²) in [5.41, 5.74) is 0. The molecule has 0 aromatic rings. The first kappa shape index (κ1) is 31.9. The lowest BCUT2D eigenvalue weighted by Crippen LogP contribution is -2.09. The lowest BCUT2D eigenvalue weighted by Gasteiger charge is -2.03. The number of rotatable bonds is 25. The van der Waals surface area contributed by atoms with E-state index in [-0.39, 0.29) is 5.97 Å². The second-order valence-electron chi connectivity index (χ2n) is 9.81. The van der Waals surface area contributed by atoms with Crippen LogP contribution >= 0.6 is 0 Å². The monoisotopic (exact) mass is 464 g/mol. The maximum atomic E-state index is 11.8. The van der Waals surface area contributed by atoms with Gasteiger partial charge in [0.25, 0.3) is 0 Å². The highest BCUT2D eigenvalue weighted by atomic mass is 16.6. The number of ether oxygens (including phenoxy) is 1. The van der Waals surface area contributed by atoms with Gasteiger partial charge in [0.05, 0.1) is 0 Å². The summed E-state index contributed by atoms with van der Waals surface area (Å²) in [5, 5.41) is 0. The van der Waals surface area contributed by atoms with Gasteiger partial charge in [0.1, 0.15) is 0 Å². The van der Waals surface area contributed by atoms with Gasteiger partial charge in [0, 0.05) is 12.5 Å². The van der Waals surface area contributed by atoms with Gasteiger partial charge >= 0.3 is 11.9 Å². The number of unbranched alkanes of at least 4 members (excludes halogenated alkanes) is 21. The number of carbonyl (C=O) groups is 2. The minimum absolute atomic E-state index is 0.356. The number of allylic oxidation sites excluding steroid dienone is 1. The molecular weight excluding hydrogens is 408 g/mol. The van der Waals surface area contributed by atoms with E-state index in [0.29, 0.717) is 6.42 Å². The highest BCUT2D eigenvalue weighted by molar-refractivity contribution is 5.91. The Kier molecular flexibility index (Phi) is 26.2. The molecule has 0 amide bonds. The third-order valence-electron chi connectivity index (χ3n) is 6.43. The van der Waals surface area contributed by atoms with Crippen LogP contribution < -0.4 is 0 Å². The zero-order valence-corrected chi connectivity index (χ0v) is 22.4. The van der Waals surface area contributed by atoms with Crippen LogP contribution in [0.3, 0.4) is 0 Å². The fourth-order valence-corrected chi connectivity index (χ4v) is 4.24. The molecule has 0 aliphatic rings. The van der Waals surface area contributed by atoms with E-state index in [1.165, 1.54) is 128 Å². The molecule has 0 aromatic heterocycles. The van der Waals surface area contributed by atoms with Crippen molar-refractivity contribution in [2.75, 3.05) is 0 Å². The lowest BCUT2D eigenvalue weighted by atomic mass is 10.1. The molecule has 0 saturated heterocycles. The summed E-state index contributed by atoms with van der Waals surface area (Å²) in [4.78, 5) is 23.5. The van der Waals surface area contributed by atoms with Gasteiger partial charge in [-0.15, -0.1) is 0 Å². The summed E-state index contributed by atoms with van der Waals surface area (Å²) in [6.45, 7) is 4.51. The molecule has 0 fully saturated rings. The Morgan fingerprint density at radius 2 is 0.879 bits per heavy atom. The van der Waals surface area contributed by atoms with E-state index < -0.39 is 5.97 Å². The minimum Gasteiger partial charge on any atom is -0.390 e. The summed E-state index contributed by atoms with van der Waals surface area (Å²) in [6.07, 6.45) is 32.8. The van der Waals surface area contributed by atoms with Crippen LogP contribution in [-0.4, -0.2) is 11.9 Å². The van der Waals surface area contributed by atoms with E-state index in [1.807, 2.05) is 6.08 Å². The number of carbonyl (C=O) groups excluding carboxylic acids is 2. The van der Waals surface area contributed by atoms with Crippen LogP contribution in [0.4, 0.5) is 0 Å². The Morgan fingerprint density at radius 1 is 0.515 bits per heavy atom. The molecule has 0 aromatic carbocycles. The molecule has 0 heterocycles. The molecule has 0 unspecified atom stereocenters. The second-order valence-corrected chi connectivity index (χ2v) is 9.81. The van der Waals surface area contributed by atoms with Gasteiger partial charge in [-0.05, 0) is 19.3 Å².